The predicted octanol–water partition coefficient (Wildman–Crippen LogP) is 2.23. The van der Waals surface area contributed by atoms with E-state index < -0.39 is 20.8 Å². The Morgan fingerprint density at radius 3 is 2.53 bits per heavy atom. The zero-order valence-corrected chi connectivity index (χ0v) is 12.7. The summed E-state index contributed by atoms with van der Waals surface area (Å²) < 4.78 is 30.2. The lowest BCUT2D eigenvalue weighted by Crippen LogP contribution is -2.33. The van der Waals surface area contributed by atoms with Crippen LogP contribution in [-0.4, -0.2) is 38.4 Å². The smallest absolute Gasteiger partial charge is 0.179 e. The van der Waals surface area contributed by atoms with Crippen LogP contribution in [0.3, 0.4) is 0 Å². The maximum Gasteiger partial charge on any atom is 0.179 e. The third-order valence-corrected chi connectivity index (χ3v) is 6.03. The van der Waals surface area contributed by atoms with Crippen LogP contribution >= 0.6 is 15.9 Å². The normalized spacial score (nSPS) is 17.3. The van der Waals surface area contributed by atoms with Gasteiger partial charge in [0, 0.05) is 23.2 Å². The minimum absolute atomic E-state index is 0.362. The molecule has 4 nitrogen and oxygen atoms in total. The molecule has 6 heteroatoms. The molecule has 1 heterocycles. The number of ether oxygens (including phenoxy) is 1. The number of benzene rings is 1. The van der Waals surface area contributed by atoms with Crippen molar-refractivity contribution in [3.05, 3.63) is 34.3 Å². The number of halogens is 1. The Morgan fingerprint density at radius 1 is 1.26 bits per heavy atom. The molecule has 19 heavy (non-hydrogen) atoms. The second kappa shape index (κ2) is 6.15. The number of Topliss-reactive ketones (excluding diaryl/α,β-unsaturated/α-hetero) is 1. The quantitative estimate of drug-likeness (QED) is 0.784. The van der Waals surface area contributed by atoms with Crippen LogP contribution in [0.15, 0.2) is 28.7 Å². The van der Waals surface area contributed by atoms with Gasteiger partial charge in [-0.15, -0.1) is 0 Å². The number of hydrogen-bond donors (Lipinski definition) is 0. The Hall–Kier alpha value is -0.720. The second-order valence-electron chi connectivity index (χ2n) is 4.52. The van der Waals surface area contributed by atoms with Gasteiger partial charge in [0.15, 0.2) is 15.6 Å². The van der Waals surface area contributed by atoms with E-state index in [2.05, 4.69) is 15.9 Å². The number of carbonyl (C=O) groups excluding carboxylic acids is 1. The highest BCUT2D eigenvalue weighted by atomic mass is 79.9. The first kappa shape index (κ1) is 14.7. The summed E-state index contributed by atoms with van der Waals surface area (Å²) >= 11 is 3.26. The van der Waals surface area contributed by atoms with E-state index in [1.54, 1.807) is 24.3 Å². The van der Waals surface area contributed by atoms with E-state index in [1.807, 2.05) is 0 Å². The number of ketones is 1. The lowest BCUT2D eigenvalue weighted by Gasteiger charge is -2.21. The van der Waals surface area contributed by atoms with Crippen LogP contribution in [0.1, 0.15) is 23.2 Å². The van der Waals surface area contributed by atoms with Gasteiger partial charge in [-0.05, 0) is 18.9 Å². The van der Waals surface area contributed by atoms with Crippen molar-refractivity contribution in [3.63, 3.8) is 0 Å². The van der Waals surface area contributed by atoms with Crippen LogP contribution in [0.25, 0.3) is 0 Å². The molecule has 0 spiro atoms. The van der Waals surface area contributed by atoms with Crippen molar-refractivity contribution in [1.82, 2.24) is 0 Å². The van der Waals surface area contributed by atoms with Crippen molar-refractivity contribution in [2.75, 3.05) is 19.0 Å². The van der Waals surface area contributed by atoms with Crippen molar-refractivity contribution >= 4 is 31.6 Å². The van der Waals surface area contributed by atoms with E-state index in [0.29, 0.717) is 36.1 Å². The van der Waals surface area contributed by atoms with E-state index in [9.17, 15) is 13.2 Å². The first-order valence-corrected chi connectivity index (χ1v) is 8.58. The SMILES string of the molecule is O=C(CS(=O)(=O)C1CCOCC1)c1ccccc1Br. The zero-order chi connectivity index (χ0) is 13.9. The molecule has 0 amide bonds. The highest BCUT2D eigenvalue weighted by molar-refractivity contribution is 9.10. The summed E-state index contributed by atoms with van der Waals surface area (Å²) in [7, 11) is -3.40. The van der Waals surface area contributed by atoms with E-state index in [0.717, 1.165) is 0 Å². The molecule has 1 fully saturated rings. The third kappa shape index (κ3) is 3.64. The molecule has 1 aromatic rings. The summed E-state index contributed by atoms with van der Waals surface area (Å²) in [5.41, 5.74) is 0.415. The van der Waals surface area contributed by atoms with E-state index >= 15 is 0 Å². The fraction of sp³-hybridized carbons (Fsp3) is 0.462. The van der Waals surface area contributed by atoms with E-state index in [1.165, 1.54) is 0 Å². The van der Waals surface area contributed by atoms with Crippen LogP contribution in [0.2, 0.25) is 0 Å². The Balaban J connectivity index is 2.12. The van der Waals surface area contributed by atoms with E-state index in [4.69, 9.17) is 4.74 Å². The Kier molecular flexibility index (Phi) is 4.76. The molecule has 1 saturated heterocycles. The molecular weight excluding hydrogens is 332 g/mol. The summed E-state index contributed by atoms with van der Waals surface area (Å²) in [5.74, 6) is -0.792. The van der Waals surface area contributed by atoms with Gasteiger partial charge in [0.25, 0.3) is 0 Å². The Bertz CT molecular complexity index is 562. The molecule has 0 bridgehead atoms. The van der Waals surface area contributed by atoms with Gasteiger partial charge in [0.2, 0.25) is 0 Å². The second-order valence-corrected chi connectivity index (χ2v) is 7.66. The number of carbonyl (C=O) groups is 1. The molecule has 0 atom stereocenters. The van der Waals surface area contributed by atoms with Crippen molar-refractivity contribution < 1.29 is 17.9 Å². The Labute approximate surface area is 121 Å². The molecule has 1 aliphatic heterocycles. The topological polar surface area (TPSA) is 60.4 Å². The first-order valence-electron chi connectivity index (χ1n) is 6.08. The summed E-state index contributed by atoms with van der Waals surface area (Å²) in [6.07, 6.45) is 0.956. The monoisotopic (exact) mass is 346 g/mol. The maximum absolute atomic E-state index is 12.2. The van der Waals surface area contributed by atoms with Gasteiger partial charge in [0.1, 0.15) is 5.75 Å². The molecule has 1 aromatic carbocycles. The lowest BCUT2D eigenvalue weighted by molar-refractivity contribution is 0.0971. The molecule has 0 radical (unpaired) electrons. The summed E-state index contributed by atoms with van der Waals surface area (Å²) in [6.45, 7) is 0.903. The fourth-order valence-electron chi connectivity index (χ4n) is 2.10. The highest BCUT2D eigenvalue weighted by Crippen LogP contribution is 2.20. The molecular formula is C13H15BrO4S. The predicted molar refractivity (Wildman–Crippen MR) is 76.1 cm³/mol. The average Bonchev–Trinajstić information content (AvgIpc) is 2.39. The molecule has 104 valence electrons. The largest absolute Gasteiger partial charge is 0.381 e. The number of rotatable bonds is 4. The van der Waals surface area contributed by atoms with Crippen LogP contribution in [0.5, 0.6) is 0 Å². The van der Waals surface area contributed by atoms with Crippen molar-refractivity contribution in [2.24, 2.45) is 0 Å². The Morgan fingerprint density at radius 2 is 1.89 bits per heavy atom. The van der Waals surface area contributed by atoms with Crippen LogP contribution in [-0.2, 0) is 14.6 Å². The van der Waals surface area contributed by atoms with Gasteiger partial charge >= 0.3 is 0 Å². The molecule has 0 saturated carbocycles. The van der Waals surface area contributed by atoms with Gasteiger partial charge < -0.3 is 4.74 Å². The van der Waals surface area contributed by atoms with Gasteiger partial charge in [-0.1, -0.05) is 34.1 Å². The molecule has 0 aromatic heterocycles. The van der Waals surface area contributed by atoms with Gasteiger partial charge in [-0.3, -0.25) is 4.79 Å². The molecule has 0 unspecified atom stereocenters. The highest BCUT2D eigenvalue weighted by Gasteiger charge is 2.30. The maximum atomic E-state index is 12.2. The minimum Gasteiger partial charge on any atom is -0.381 e. The van der Waals surface area contributed by atoms with Crippen LogP contribution in [0.4, 0.5) is 0 Å². The van der Waals surface area contributed by atoms with Gasteiger partial charge in [-0.2, -0.15) is 0 Å². The summed E-state index contributed by atoms with van der Waals surface area (Å²) in [4.78, 5) is 12.1. The number of hydrogen-bond acceptors (Lipinski definition) is 4. The van der Waals surface area contributed by atoms with Crippen molar-refractivity contribution in [3.8, 4) is 0 Å². The van der Waals surface area contributed by atoms with Gasteiger partial charge in [-0.25, -0.2) is 8.42 Å². The zero-order valence-electron chi connectivity index (χ0n) is 10.3. The molecule has 1 aliphatic rings. The number of sulfone groups is 1. The molecule has 0 N–H and O–H groups in total. The third-order valence-electron chi connectivity index (χ3n) is 3.18. The standard InChI is InChI=1S/C13H15BrO4S/c14-12-4-2-1-3-11(12)13(15)9-19(16,17)10-5-7-18-8-6-10/h1-4,10H,5-9H2. The molecule has 2 rings (SSSR count). The first-order chi connectivity index (χ1) is 9.00. The summed E-state index contributed by atoms with van der Waals surface area (Å²) in [5, 5.41) is -0.451. The van der Waals surface area contributed by atoms with Crippen molar-refractivity contribution in [2.45, 2.75) is 18.1 Å². The average molecular weight is 347 g/mol. The van der Waals surface area contributed by atoms with Crippen LogP contribution < -0.4 is 0 Å². The van der Waals surface area contributed by atoms with E-state index in [-0.39, 0.29) is 5.78 Å². The fourth-order valence-corrected chi connectivity index (χ4v) is 4.27. The molecule has 0 aliphatic carbocycles. The summed E-state index contributed by atoms with van der Waals surface area (Å²) in [6, 6.07) is 6.87. The van der Waals surface area contributed by atoms with Crippen LogP contribution in [0, 0.1) is 0 Å². The van der Waals surface area contributed by atoms with Gasteiger partial charge in [0.05, 0.1) is 5.25 Å². The minimum atomic E-state index is -3.40. The lowest BCUT2D eigenvalue weighted by atomic mass is 10.1. The van der Waals surface area contributed by atoms with Crippen molar-refractivity contribution in [1.29, 1.82) is 0 Å².